The molecule has 0 aliphatic carbocycles. The van der Waals surface area contributed by atoms with Crippen LogP contribution in [-0.2, 0) is 4.79 Å². The third-order valence-electron chi connectivity index (χ3n) is 1.76. The summed E-state index contributed by atoms with van der Waals surface area (Å²) in [6, 6.07) is 6.77. The highest BCUT2D eigenvalue weighted by Gasteiger charge is 2.01. The molecule has 0 aliphatic rings. The molecule has 0 bridgehead atoms. The maximum atomic E-state index is 10.3. The Kier molecular flexibility index (Phi) is 3.47. The van der Waals surface area contributed by atoms with E-state index in [-0.39, 0.29) is 0 Å². The lowest BCUT2D eigenvalue weighted by molar-refractivity contribution is -0.131. The minimum absolute atomic E-state index is 0.459. The van der Waals surface area contributed by atoms with Gasteiger partial charge in [0.1, 0.15) is 5.75 Å². The first kappa shape index (κ1) is 10.8. The van der Waals surface area contributed by atoms with E-state index < -0.39 is 5.97 Å². The first-order valence-corrected chi connectivity index (χ1v) is 4.16. The lowest BCUT2D eigenvalue weighted by Crippen LogP contribution is -1.90. The highest BCUT2D eigenvalue weighted by molar-refractivity contribution is 5.86. The molecule has 0 unspecified atom stereocenters. The van der Waals surface area contributed by atoms with Gasteiger partial charge in [-0.25, -0.2) is 4.79 Å². The number of nitriles is 1. The van der Waals surface area contributed by atoms with Crippen molar-refractivity contribution in [2.75, 3.05) is 7.11 Å². The molecule has 0 spiro atoms. The molecule has 1 aromatic rings. The van der Waals surface area contributed by atoms with Crippen LogP contribution in [0.4, 0.5) is 0 Å². The van der Waals surface area contributed by atoms with Crippen LogP contribution in [0.15, 0.2) is 24.3 Å². The maximum absolute atomic E-state index is 10.3. The smallest absolute Gasteiger partial charge is 0.328 e. The van der Waals surface area contributed by atoms with Gasteiger partial charge < -0.3 is 9.84 Å². The average Bonchev–Trinajstić information content (AvgIpc) is 2.25. The number of methoxy groups -OCH3 is 1. The molecule has 15 heavy (non-hydrogen) atoms. The Labute approximate surface area is 87.0 Å². The standard InChI is InChI=1S/C11H9NO3/c1-15-10-4-2-8(7-12)6-9(10)3-5-11(13)14/h2-6H,1H3,(H,13,14). The molecule has 0 fully saturated rings. The fourth-order valence-corrected chi connectivity index (χ4v) is 1.10. The zero-order valence-corrected chi connectivity index (χ0v) is 8.10. The number of aliphatic carboxylic acids is 1. The number of carboxylic acid groups (broad SMARTS) is 1. The second-order valence-electron chi connectivity index (χ2n) is 2.74. The largest absolute Gasteiger partial charge is 0.496 e. The molecule has 1 rings (SSSR count). The van der Waals surface area contributed by atoms with Crippen molar-refractivity contribution >= 4 is 12.0 Å². The van der Waals surface area contributed by atoms with Gasteiger partial charge in [0.2, 0.25) is 0 Å². The monoisotopic (exact) mass is 203 g/mol. The summed E-state index contributed by atoms with van der Waals surface area (Å²) in [7, 11) is 1.49. The van der Waals surface area contributed by atoms with E-state index in [4.69, 9.17) is 15.1 Å². The Morgan fingerprint density at radius 3 is 2.87 bits per heavy atom. The van der Waals surface area contributed by atoms with Gasteiger partial charge in [-0.1, -0.05) is 0 Å². The van der Waals surface area contributed by atoms with Gasteiger partial charge in [0.05, 0.1) is 18.7 Å². The molecule has 0 saturated heterocycles. The molecule has 0 aromatic heterocycles. The molecule has 0 amide bonds. The summed E-state index contributed by atoms with van der Waals surface area (Å²) < 4.78 is 5.02. The minimum atomic E-state index is -1.04. The van der Waals surface area contributed by atoms with E-state index in [1.54, 1.807) is 18.2 Å². The van der Waals surface area contributed by atoms with Gasteiger partial charge in [-0.15, -0.1) is 0 Å². The number of ether oxygens (including phenoxy) is 1. The van der Waals surface area contributed by atoms with E-state index in [1.165, 1.54) is 13.2 Å². The Morgan fingerprint density at radius 1 is 1.60 bits per heavy atom. The number of carboxylic acids is 1. The summed E-state index contributed by atoms with van der Waals surface area (Å²) >= 11 is 0. The molecule has 4 heteroatoms. The molecule has 0 aliphatic heterocycles. The van der Waals surface area contributed by atoms with E-state index in [1.807, 2.05) is 6.07 Å². The number of rotatable bonds is 3. The molecular formula is C11H9NO3. The Morgan fingerprint density at radius 2 is 2.33 bits per heavy atom. The molecule has 1 N–H and O–H groups in total. The normalized spacial score (nSPS) is 9.87. The minimum Gasteiger partial charge on any atom is -0.496 e. The van der Waals surface area contributed by atoms with Gasteiger partial charge in [0.15, 0.2) is 0 Å². The van der Waals surface area contributed by atoms with Crippen molar-refractivity contribution < 1.29 is 14.6 Å². The van der Waals surface area contributed by atoms with Crippen molar-refractivity contribution in [2.24, 2.45) is 0 Å². The summed E-state index contributed by atoms with van der Waals surface area (Å²) in [6.07, 6.45) is 2.39. The highest BCUT2D eigenvalue weighted by atomic mass is 16.5. The quantitative estimate of drug-likeness (QED) is 0.758. The van der Waals surface area contributed by atoms with E-state index in [9.17, 15) is 4.79 Å². The molecule has 1 aromatic carbocycles. The van der Waals surface area contributed by atoms with Crippen LogP contribution < -0.4 is 4.74 Å². The first-order chi connectivity index (χ1) is 7.17. The van der Waals surface area contributed by atoms with Gasteiger partial charge in [-0.3, -0.25) is 0 Å². The van der Waals surface area contributed by atoms with E-state index in [0.29, 0.717) is 16.9 Å². The lowest BCUT2D eigenvalue weighted by Gasteiger charge is -2.03. The second-order valence-corrected chi connectivity index (χ2v) is 2.74. The number of hydrogen-bond donors (Lipinski definition) is 1. The zero-order valence-electron chi connectivity index (χ0n) is 8.10. The fourth-order valence-electron chi connectivity index (χ4n) is 1.10. The van der Waals surface area contributed by atoms with E-state index in [2.05, 4.69) is 0 Å². The summed E-state index contributed by atoms with van der Waals surface area (Å²) in [4.78, 5) is 10.3. The number of nitrogens with zero attached hydrogens (tertiary/aromatic N) is 1. The summed E-state index contributed by atoms with van der Waals surface area (Å²) in [5.41, 5.74) is 1.03. The zero-order chi connectivity index (χ0) is 11.3. The van der Waals surface area contributed by atoms with Gasteiger partial charge in [-0.2, -0.15) is 5.26 Å². The van der Waals surface area contributed by atoms with Crippen molar-refractivity contribution in [3.8, 4) is 11.8 Å². The molecular weight excluding hydrogens is 194 g/mol. The van der Waals surface area contributed by atoms with Crippen LogP contribution in [0.2, 0.25) is 0 Å². The summed E-state index contributed by atoms with van der Waals surface area (Å²) in [5, 5.41) is 17.1. The highest BCUT2D eigenvalue weighted by Crippen LogP contribution is 2.20. The molecule has 0 radical (unpaired) electrons. The van der Waals surface area contributed by atoms with Gasteiger partial charge >= 0.3 is 5.97 Å². The average molecular weight is 203 g/mol. The number of hydrogen-bond acceptors (Lipinski definition) is 3. The number of benzene rings is 1. The third-order valence-corrected chi connectivity index (χ3v) is 1.76. The van der Waals surface area contributed by atoms with Gasteiger partial charge in [0.25, 0.3) is 0 Å². The molecule has 4 nitrogen and oxygen atoms in total. The Bertz CT molecular complexity index is 444. The van der Waals surface area contributed by atoms with Crippen molar-refractivity contribution in [1.29, 1.82) is 5.26 Å². The number of carbonyl (C=O) groups is 1. The van der Waals surface area contributed by atoms with E-state index >= 15 is 0 Å². The molecule has 0 saturated carbocycles. The lowest BCUT2D eigenvalue weighted by atomic mass is 10.1. The van der Waals surface area contributed by atoms with Crippen LogP contribution in [0, 0.1) is 11.3 Å². The van der Waals surface area contributed by atoms with Crippen molar-refractivity contribution in [3.05, 3.63) is 35.4 Å². The van der Waals surface area contributed by atoms with Crippen LogP contribution >= 0.6 is 0 Å². The maximum Gasteiger partial charge on any atom is 0.328 e. The Balaban J connectivity index is 3.13. The van der Waals surface area contributed by atoms with Crippen LogP contribution in [0.5, 0.6) is 5.75 Å². The predicted molar refractivity (Wildman–Crippen MR) is 54.4 cm³/mol. The topological polar surface area (TPSA) is 70.3 Å². The second kappa shape index (κ2) is 4.82. The van der Waals surface area contributed by atoms with E-state index in [0.717, 1.165) is 6.08 Å². The van der Waals surface area contributed by atoms with Crippen LogP contribution in [0.1, 0.15) is 11.1 Å². The fraction of sp³-hybridized carbons (Fsp3) is 0.0909. The van der Waals surface area contributed by atoms with Gasteiger partial charge in [-0.05, 0) is 24.3 Å². The van der Waals surface area contributed by atoms with Crippen molar-refractivity contribution in [3.63, 3.8) is 0 Å². The molecule has 0 atom stereocenters. The van der Waals surface area contributed by atoms with Crippen LogP contribution in [0.3, 0.4) is 0 Å². The molecule has 0 heterocycles. The van der Waals surface area contributed by atoms with Crippen LogP contribution in [-0.4, -0.2) is 18.2 Å². The van der Waals surface area contributed by atoms with Crippen LogP contribution in [0.25, 0.3) is 6.08 Å². The molecule has 76 valence electrons. The van der Waals surface area contributed by atoms with Gasteiger partial charge in [0, 0.05) is 11.6 Å². The SMILES string of the molecule is COc1ccc(C#N)cc1C=CC(=O)O. The Hall–Kier alpha value is -2.28. The third kappa shape index (κ3) is 2.85. The summed E-state index contributed by atoms with van der Waals surface area (Å²) in [5.74, 6) is -0.508. The predicted octanol–water partition coefficient (Wildman–Crippen LogP) is 1.66. The van der Waals surface area contributed by atoms with Crippen molar-refractivity contribution in [1.82, 2.24) is 0 Å². The van der Waals surface area contributed by atoms with Crippen molar-refractivity contribution in [2.45, 2.75) is 0 Å². The first-order valence-electron chi connectivity index (χ1n) is 4.16. The summed E-state index contributed by atoms with van der Waals surface area (Å²) in [6.45, 7) is 0.